The van der Waals surface area contributed by atoms with E-state index in [2.05, 4.69) is 4.74 Å². The Kier molecular flexibility index (Phi) is 4.54. The molecule has 0 saturated carbocycles. The van der Waals surface area contributed by atoms with Crippen molar-refractivity contribution >= 4 is 5.97 Å². The summed E-state index contributed by atoms with van der Waals surface area (Å²) in [5.41, 5.74) is 1.05. The van der Waals surface area contributed by atoms with Crippen molar-refractivity contribution in [3.63, 3.8) is 0 Å². The summed E-state index contributed by atoms with van der Waals surface area (Å²) in [5.74, 6) is -0.585. The van der Waals surface area contributed by atoms with Crippen molar-refractivity contribution in [1.82, 2.24) is 0 Å². The Bertz CT molecular complexity index is 341. The van der Waals surface area contributed by atoms with Gasteiger partial charge in [0.05, 0.1) is 7.11 Å². The average Bonchev–Trinajstić information content (AvgIpc) is 2.26. The molecule has 0 N–H and O–H groups in total. The number of aryl methyl sites for hydroxylation is 1. The lowest BCUT2D eigenvalue weighted by molar-refractivity contribution is -0.134. The van der Waals surface area contributed by atoms with Gasteiger partial charge < -0.3 is 4.74 Å². The van der Waals surface area contributed by atoms with Gasteiger partial charge in [0, 0.05) is 6.08 Å². The zero-order valence-corrected chi connectivity index (χ0v) is 8.57. The van der Waals surface area contributed by atoms with Gasteiger partial charge in [-0.3, -0.25) is 0 Å². The van der Waals surface area contributed by atoms with Crippen molar-refractivity contribution in [2.75, 3.05) is 7.11 Å². The average molecular weight is 208 g/mol. The van der Waals surface area contributed by atoms with Crippen LogP contribution in [-0.4, -0.2) is 13.1 Å². The van der Waals surface area contributed by atoms with E-state index in [1.807, 2.05) is 0 Å². The molecule has 0 aromatic heterocycles. The van der Waals surface area contributed by atoms with Crippen molar-refractivity contribution in [2.45, 2.75) is 12.8 Å². The highest BCUT2D eigenvalue weighted by Crippen LogP contribution is 2.05. The molecule has 0 heterocycles. The fourth-order valence-electron chi connectivity index (χ4n) is 1.15. The third-order valence-electron chi connectivity index (χ3n) is 1.97. The van der Waals surface area contributed by atoms with E-state index in [1.165, 1.54) is 25.3 Å². The van der Waals surface area contributed by atoms with Crippen molar-refractivity contribution in [2.24, 2.45) is 0 Å². The van der Waals surface area contributed by atoms with Gasteiger partial charge in [-0.1, -0.05) is 18.2 Å². The second kappa shape index (κ2) is 5.96. The molecule has 0 amide bonds. The summed E-state index contributed by atoms with van der Waals surface area (Å²) in [6.07, 6.45) is 4.66. The van der Waals surface area contributed by atoms with Crippen molar-refractivity contribution < 1.29 is 13.9 Å². The van der Waals surface area contributed by atoms with Gasteiger partial charge in [0.15, 0.2) is 0 Å². The highest BCUT2D eigenvalue weighted by atomic mass is 19.1. The van der Waals surface area contributed by atoms with Gasteiger partial charge in [0.25, 0.3) is 0 Å². The number of benzene rings is 1. The SMILES string of the molecule is COC(=O)/C=C/CCc1ccc(F)cc1. The Hall–Kier alpha value is -1.64. The Morgan fingerprint density at radius 2 is 2.07 bits per heavy atom. The van der Waals surface area contributed by atoms with Gasteiger partial charge in [-0.25, -0.2) is 9.18 Å². The van der Waals surface area contributed by atoms with Crippen molar-refractivity contribution in [1.29, 1.82) is 0 Å². The molecule has 15 heavy (non-hydrogen) atoms. The van der Waals surface area contributed by atoms with Gasteiger partial charge in [0.2, 0.25) is 0 Å². The molecule has 0 fully saturated rings. The van der Waals surface area contributed by atoms with E-state index in [0.717, 1.165) is 18.4 Å². The summed E-state index contributed by atoms with van der Waals surface area (Å²) in [6, 6.07) is 6.33. The van der Waals surface area contributed by atoms with Crippen molar-refractivity contribution in [3.8, 4) is 0 Å². The number of halogens is 1. The molecule has 0 radical (unpaired) electrons. The summed E-state index contributed by atoms with van der Waals surface area (Å²) in [6.45, 7) is 0. The highest BCUT2D eigenvalue weighted by molar-refractivity contribution is 5.81. The van der Waals surface area contributed by atoms with E-state index < -0.39 is 0 Å². The third-order valence-corrected chi connectivity index (χ3v) is 1.97. The minimum absolute atomic E-state index is 0.233. The number of carbonyl (C=O) groups is 1. The van der Waals surface area contributed by atoms with E-state index in [0.29, 0.717) is 0 Å². The second-order valence-corrected chi connectivity index (χ2v) is 3.09. The Labute approximate surface area is 88.4 Å². The Morgan fingerprint density at radius 1 is 1.40 bits per heavy atom. The first kappa shape index (κ1) is 11.4. The molecule has 0 bridgehead atoms. The number of hydrogen-bond acceptors (Lipinski definition) is 2. The van der Waals surface area contributed by atoms with Gasteiger partial charge in [0.1, 0.15) is 5.82 Å². The van der Waals surface area contributed by atoms with Crippen LogP contribution in [0.25, 0.3) is 0 Å². The van der Waals surface area contributed by atoms with Crippen LogP contribution < -0.4 is 0 Å². The van der Waals surface area contributed by atoms with E-state index in [-0.39, 0.29) is 11.8 Å². The maximum absolute atomic E-state index is 12.6. The maximum atomic E-state index is 12.6. The summed E-state index contributed by atoms with van der Waals surface area (Å²) >= 11 is 0. The van der Waals surface area contributed by atoms with Crippen LogP contribution in [0.15, 0.2) is 36.4 Å². The topological polar surface area (TPSA) is 26.3 Å². The van der Waals surface area contributed by atoms with Crippen LogP contribution >= 0.6 is 0 Å². The molecule has 0 aliphatic rings. The summed E-state index contributed by atoms with van der Waals surface area (Å²) in [4.78, 5) is 10.7. The number of carbonyl (C=O) groups excluding carboxylic acids is 1. The molecule has 2 nitrogen and oxygen atoms in total. The molecule has 0 unspecified atom stereocenters. The monoisotopic (exact) mass is 208 g/mol. The molecule has 0 spiro atoms. The zero-order chi connectivity index (χ0) is 11.1. The van der Waals surface area contributed by atoms with Gasteiger partial charge in [-0.15, -0.1) is 0 Å². The van der Waals surface area contributed by atoms with Crippen LogP contribution in [0.1, 0.15) is 12.0 Å². The molecule has 1 aromatic rings. The number of esters is 1. The highest BCUT2D eigenvalue weighted by Gasteiger charge is 1.93. The van der Waals surface area contributed by atoms with Crippen LogP contribution in [-0.2, 0) is 16.0 Å². The summed E-state index contributed by atoms with van der Waals surface area (Å²) in [5, 5.41) is 0. The predicted octanol–water partition coefficient (Wildman–Crippen LogP) is 2.49. The van der Waals surface area contributed by atoms with Crippen LogP contribution in [0.4, 0.5) is 4.39 Å². The van der Waals surface area contributed by atoms with Gasteiger partial charge in [-0.05, 0) is 30.5 Å². The minimum Gasteiger partial charge on any atom is -0.466 e. The lowest BCUT2D eigenvalue weighted by atomic mass is 10.1. The number of rotatable bonds is 4. The molecule has 3 heteroatoms. The van der Waals surface area contributed by atoms with E-state index >= 15 is 0 Å². The maximum Gasteiger partial charge on any atom is 0.330 e. The van der Waals surface area contributed by atoms with Gasteiger partial charge in [-0.2, -0.15) is 0 Å². The first-order chi connectivity index (χ1) is 7.22. The van der Waals surface area contributed by atoms with E-state index in [1.54, 1.807) is 18.2 Å². The first-order valence-corrected chi connectivity index (χ1v) is 4.71. The molecule has 0 aliphatic heterocycles. The third kappa shape index (κ3) is 4.40. The largest absolute Gasteiger partial charge is 0.466 e. The van der Waals surface area contributed by atoms with E-state index in [4.69, 9.17) is 0 Å². The fourth-order valence-corrected chi connectivity index (χ4v) is 1.15. The number of ether oxygens (including phenoxy) is 1. The Morgan fingerprint density at radius 3 is 2.67 bits per heavy atom. The van der Waals surface area contributed by atoms with Crippen LogP contribution in [0.2, 0.25) is 0 Å². The fraction of sp³-hybridized carbons (Fsp3) is 0.250. The standard InChI is InChI=1S/C12H13FO2/c1-15-12(14)5-3-2-4-10-6-8-11(13)9-7-10/h3,5-9H,2,4H2,1H3/b5-3+. The first-order valence-electron chi connectivity index (χ1n) is 4.71. The van der Waals surface area contributed by atoms with Crippen LogP contribution in [0.5, 0.6) is 0 Å². The smallest absolute Gasteiger partial charge is 0.330 e. The zero-order valence-electron chi connectivity index (χ0n) is 8.57. The van der Waals surface area contributed by atoms with Crippen LogP contribution in [0, 0.1) is 5.82 Å². The van der Waals surface area contributed by atoms with Crippen molar-refractivity contribution in [3.05, 3.63) is 47.8 Å². The quantitative estimate of drug-likeness (QED) is 0.561. The molecule has 0 aliphatic carbocycles. The summed E-state index contributed by atoms with van der Waals surface area (Å²) < 4.78 is 17.0. The molecule has 0 saturated heterocycles. The molecular weight excluding hydrogens is 195 g/mol. The lowest BCUT2D eigenvalue weighted by Crippen LogP contribution is -1.93. The number of hydrogen-bond donors (Lipinski definition) is 0. The second-order valence-electron chi connectivity index (χ2n) is 3.09. The van der Waals surface area contributed by atoms with E-state index in [9.17, 15) is 9.18 Å². The van der Waals surface area contributed by atoms with Gasteiger partial charge >= 0.3 is 5.97 Å². The molecule has 1 aromatic carbocycles. The Balaban J connectivity index is 2.35. The number of allylic oxidation sites excluding steroid dienone is 1. The molecule has 80 valence electrons. The lowest BCUT2D eigenvalue weighted by Gasteiger charge is -1.97. The molecule has 1 rings (SSSR count). The summed E-state index contributed by atoms with van der Waals surface area (Å²) in [7, 11) is 1.34. The minimum atomic E-state index is -0.353. The molecule has 0 atom stereocenters. The van der Waals surface area contributed by atoms with Crippen LogP contribution in [0.3, 0.4) is 0 Å². The number of methoxy groups -OCH3 is 1. The normalized spacial score (nSPS) is 10.5. The molecular formula is C12H13FO2. The predicted molar refractivity (Wildman–Crippen MR) is 55.9 cm³/mol.